The summed E-state index contributed by atoms with van der Waals surface area (Å²) >= 11 is 0. The zero-order chi connectivity index (χ0) is 16.2. The maximum atomic E-state index is 11.8. The van der Waals surface area contributed by atoms with E-state index in [-0.39, 0.29) is 12.0 Å². The van der Waals surface area contributed by atoms with Crippen LogP contribution in [0, 0.1) is 0 Å². The number of benzene rings is 1. The van der Waals surface area contributed by atoms with E-state index in [0.717, 1.165) is 32.4 Å². The molecule has 2 aliphatic rings. The molecule has 1 saturated carbocycles. The molecule has 0 aromatic heterocycles. The van der Waals surface area contributed by atoms with Crippen LogP contribution >= 0.6 is 0 Å². The molecule has 1 aromatic carbocycles. The maximum Gasteiger partial charge on any atom is 0.219 e. The largest absolute Gasteiger partial charge is 0.391 e. The Labute approximate surface area is 139 Å². The van der Waals surface area contributed by atoms with Gasteiger partial charge in [0.25, 0.3) is 0 Å². The lowest BCUT2D eigenvalue weighted by molar-refractivity contribution is -0.130. The summed E-state index contributed by atoms with van der Waals surface area (Å²) < 4.78 is 0. The van der Waals surface area contributed by atoms with Crippen LogP contribution in [0.2, 0.25) is 0 Å². The number of likely N-dealkylation sites (tertiary alicyclic amines) is 1. The average Bonchev–Trinajstić information content (AvgIpc) is 3.27. The van der Waals surface area contributed by atoms with E-state index in [1.54, 1.807) is 6.92 Å². The van der Waals surface area contributed by atoms with Gasteiger partial charge in [-0.3, -0.25) is 9.69 Å². The first-order chi connectivity index (χ1) is 11.1. The molecule has 3 rings (SSSR count). The highest BCUT2D eigenvalue weighted by molar-refractivity contribution is 5.74. The number of rotatable bonds is 7. The van der Waals surface area contributed by atoms with Crippen molar-refractivity contribution in [3.63, 3.8) is 0 Å². The van der Waals surface area contributed by atoms with Gasteiger partial charge in [-0.05, 0) is 44.2 Å². The van der Waals surface area contributed by atoms with Crippen molar-refractivity contribution < 1.29 is 9.90 Å². The molecule has 0 spiro atoms. The number of amides is 1. The fourth-order valence-corrected chi connectivity index (χ4v) is 3.71. The van der Waals surface area contributed by atoms with E-state index < -0.39 is 0 Å². The molecule has 0 radical (unpaired) electrons. The molecule has 4 heteroatoms. The fourth-order valence-electron chi connectivity index (χ4n) is 3.71. The Morgan fingerprint density at radius 2 is 2.04 bits per heavy atom. The van der Waals surface area contributed by atoms with Gasteiger partial charge in [-0.15, -0.1) is 0 Å². The van der Waals surface area contributed by atoms with Crippen LogP contribution in [0.25, 0.3) is 0 Å². The van der Waals surface area contributed by atoms with Crippen molar-refractivity contribution in [2.75, 3.05) is 19.6 Å². The summed E-state index contributed by atoms with van der Waals surface area (Å²) in [6.45, 7) is 4.25. The van der Waals surface area contributed by atoms with E-state index in [9.17, 15) is 9.90 Å². The van der Waals surface area contributed by atoms with Gasteiger partial charge >= 0.3 is 0 Å². The Kier molecular flexibility index (Phi) is 5.34. The van der Waals surface area contributed by atoms with Crippen LogP contribution in [-0.2, 0) is 11.2 Å². The molecular formula is C19H28N2O2. The standard InChI is InChI=1S/C19H28N2O2/c1-15(22)21(17-9-10-17)13-18-8-5-11-20(18)14-19(23)12-16-6-3-2-4-7-16/h2-4,6-7,17-19,23H,5,8-14H2,1H3/t18-,19-/m0/s1. The number of aliphatic hydroxyl groups excluding tert-OH is 1. The third-order valence-corrected chi connectivity index (χ3v) is 5.06. The smallest absolute Gasteiger partial charge is 0.219 e. The van der Waals surface area contributed by atoms with E-state index in [2.05, 4.69) is 17.0 Å². The normalized spacial score (nSPS) is 23.0. The SMILES string of the molecule is CC(=O)N(C[C@@H]1CCCN1C[C@@H](O)Cc1ccccc1)C1CC1. The van der Waals surface area contributed by atoms with Crippen molar-refractivity contribution in [2.24, 2.45) is 0 Å². The number of hydrogen-bond donors (Lipinski definition) is 1. The molecular weight excluding hydrogens is 288 g/mol. The predicted octanol–water partition coefficient (Wildman–Crippen LogP) is 2.07. The second-order valence-corrected chi connectivity index (χ2v) is 7.04. The number of carbonyl (C=O) groups excluding carboxylic acids is 1. The van der Waals surface area contributed by atoms with Crippen LogP contribution in [0.3, 0.4) is 0 Å². The van der Waals surface area contributed by atoms with Crippen LogP contribution in [0.15, 0.2) is 30.3 Å². The number of β-amino-alcohol motifs (C(OH)–C–C–N with tert-alkyl or cyclic N) is 1. The van der Waals surface area contributed by atoms with Crippen molar-refractivity contribution >= 4 is 5.91 Å². The molecule has 0 unspecified atom stereocenters. The Morgan fingerprint density at radius 1 is 1.30 bits per heavy atom. The maximum absolute atomic E-state index is 11.8. The van der Waals surface area contributed by atoms with Gasteiger partial charge in [0, 0.05) is 32.1 Å². The topological polar surface area (TPSA) is 43.8 Å². The average molecular weight is 316 g/mol. The zero-order valence-electron chi connectivity index (χ0n) is 14.0. The molecule has 1 aromatic rings. The van der Waals surface area contributed by atoms with Crippen molar-refractivity contribution in [3.05, 3.63) is 35.9 Å². The second kappa shape index (κ2) is 7.45. The molecule has 23 heavy (non-hydrogen) atoms. The first-order valence-electron chi connectivity index (χ1n) is 8.86. The van der Waals surface area contributed by atoms with E-state index >= 15 is 0 Å². The lowest BCUT2D eigenvalue weighted by Crippen LogP contribution is -2.45. The number of hydrogen-bond acceptors (Lipinski definition) is 3. The monoisotopic (exact) mass is 316 g/mol. The van der Waals surface area contributed by atoms with E-state index in [4.69, 9.17) is 0 Å². The third kappa shape index (κ3) is 4.55. The molecule has 1 saturated heterocycles. The van der Waals surface area contributed by atoms with Crippen LogP contribution in [0.1, 0.15) is 38.2 Å². The summed E-state index contributed by atoms with van der Waals surface area (Å²) in [6.07, 6.45) is 4.97. The van der Waals surface area contributed by atoms with Gasteiger partial charge in [0.15, 0.2) is 0 Å². The Hall–Kier alpha value is -1.39. The van der Waals surface area contributed by atoms with E-state index in [1.165, 1.54) is 12.0 Å². The molecule has 1 amide bonds. The molecule has 1 heterocycles. The van der Waals surface area contributed by atoms with Gasteiger partial charge in [-0.2, -0.15) is 0 Å². The van der Waals surface area contributed by atoms with Crippen LogP contribution in [0.4, 0.5) is 0 Å². The van der Waals surface area contributed by atoms with Gasteiger partial charge in [0.2, 0.25) is 5.91 Å². The Balaban J connectivity index is 1.53. The summed E-state index contributed by atoms with van der Waals surface area (Å²) in [7, 11) is 0. The molecule has 0 bridgehead atoms. The van der Waals surface area contributed by atoms with E-state index in [0.29, 0.717) is 25.0 Å². The molecule has 1 aliphatic heterocycles. The number of carbonyl (C=O) groups is 1. The van der Waals surface area contributed by atoms with Gasteiger partial charge in [0.05, 0.1) is 6.10 Å². The minimum atomic E-state index is -0.343. The summed E-state index contributed by atoms with van der Waals surface area (Å²) in [5.74, 6) is 0.198. The highest BCUT2D eigenvalue weighted by atomic mass is 16.3. The third-order valence-electron chi connectivity index (χ3n) is 5.06. The zero-order valence-corrected chi connectivity index (χ0v) is 14.0. The molecule has 2 fully saturated rings. The lowest BCUT2D eigenvalue weighted by Gasteiger charge is -2.31. The van der Waals surface area contributed by atoms with Crippen LogP contribution in [0.5, 0.6) is 0 Å². The lowest BCUT2D eigenvalue weighted by atomic mass is 10.1. The van der Waals surface area contributed by atoms with Crippen LogP contribution in [-0.4, -0.2) is 58.6 Å². The van der Waals surface area contributed by atoms with Gasteiger partial charge < -0.3 is 10.0 Å². The van der Waals surface area contributed by atoms with Gasteiger partial charge in [0.1, 0.15) is 0 Å². The first-order valence-corrected chi connectivity index (χ1v) is 8.86. The summed E-state index contributed by atoms with van der Waals surface area (Å²) in [5, 5.41) is 10.4. The summed E-state index contributed by atoms with van der Waals surface area (Å²) in [4.78, 5) is 16.3. The minimum absolute atomic E-state index is 0.198. The first kappa shape index (κ1) is 16.5. The molecule has 2 atom stereocenters. The molecule has 1 N–H and O–H groups in total. The van der Waals surface area contributed by atoms with Crippen molar-refractivity contribution in [2.45, 2.75) is 57.2 Å². The quantitative estimate of drug-likeness (QED) is 0.837. The number of nitrogens with zero attached hydrogens (tertiary/aromatic N) is 2. The highest BCUT2D eigenvalue weighted by Crippen LogP contribution is 2.29. The highest BCUT2D eigenvalue weighted by Gasteiger charge is 2.35. The van der Waals surface area contributed by atoms with Crippen molar-refractivity contribution in [3.8, 4) is 0 Å². The predicted molar refractivity (Wildman–Crippen MR) is 91.2 cm³/mol. The van der Waals surface area contributed by atoms with Crippen molar-refractivity contribution in [1.82, 2.24) is 9.80 Å². The van der Waals surface area contributed by atoms with E-state index in [1.807, 2.05) is 23.1 Å². The number of aliphatic hydroxyl groups is 1. The molecule has 4 nitrogen and oxygen atoms in total. The van der Waals surface area contributed by atoms with Gasteiger partial charge in [-0.25, -0.2) is 0 Å². The van der Waals surface area contributed by atoms with Gasteiger partial charge in [-0.1, -0.05) is 30.3 Å². The van der Waals surface area contributed by atoms with Crippen molar-refractivity contribution in [1.29, 1.82) is 0 Å². The second-order valence-electron chi connectivity index (χ2n) is 7.04. The summed E-state index contributed by atoms with van der Waals surface area (Å²) in [5.41, 5.74) is 1.18. The Morgan fingerprint density at radius 3 is 2.70 bits per heavy atom. The Bertz CT molecular complexity index is 515. The molecule has 126 valence electrons. The van der Waals surface area contributed by atoms with Crippen LogP contribution < -0.4 is 0 Å². The molecule has 1 aliphatic carbocycles. The minimum Gasteiger partial charge on any atom is -0.391 e. The summed E-state index contributed by atoms with van der Waals surface area (Å²) in [6, 6.07) is 11.0. The fraction of sp³-hybridized carbons (Fsp3) is 0.632.